The van der Waals surface area contributed by atoms with E-state index in [0.717, 1.165) is 21.8 Å². The maximum absolute atomic E-state index is 13.5. The number of carbonyl (C=O) groups is 1. The summed E-state index contributed by atoms with van der Waals surface area (Å²) in [4.78, 5) is 21.7. The van der Waals surface area contributed by atoms with E-state index in [1.807, 2.05) is 12.1 Å². The van der Waals surface area contributed by atoms with Crippen LogP contribution in [0.15, 0.2) is 64.9 Å². The number of carbonyl (C=O) groups excluding carboxylic acids is 1. The third-order valence-electron chi connectivity index (χ3n) is 3.93. The maximum Gasteiger partial charge on any atom is 0.219 e. The molecule has 0 aliphatic carbocycles. The first-order chi connectivity index (χ1) is 12.1. The second-order valence-electron chi connectivity index (χ2n) is 5.99. The molecule has 4 nitrogen and oxygen atoms in total. The van der Waals surface area contributed by atoms with Crippen molar-refractivity contribution in [3.63, 3.8) is 0 Å². The predicted octanol–water partition coefficient (Wildman–Crippen LogP) is 4.39. The van der Waals surface area contributed by atoms with Gasteiger partial charge in [-0.25, -0.2) is 9.37 Å². The Morgan fingerprint density at radius 2 is 2.08 bits per heavy atom. The molecule has 1 atom stereocenters. The Balaban J connectivity index is 2.04. The monoisotopic (exact) mass is 355 g/mol. The van der Waals surface area contributed by atoms with E-state index in [1.165, 1.54) is 28.5 Å². The molecule has 2 heterocycles. The highest BCUT2D eigenvalue weighted by Gasteiger charge is 2.25. The van der Waals surface area contributed by atoms with Crippen molar-refractivity contribution in [2.24, 2.45) is 5.92 Å². The van der Waals surface area contributed by atoms with E-state index in [9.17, 15) is 9.18 Å². The third kappa shape index (κ3) is 3.79. The van der Waals surface area contributed by atoms with Gasteiger partial charge in [0.05, 0.1) is 0 Å². The lowest BCUT2D eigenvalue weighted by Gasteiger charge is -2.23. The number of imidazole rings is 1. The van der Waals surface area contributed by atoms with Crippen molar-refractivity contribution < 1.29 is 9.18 Å². The largest absolute Gasteiger partial charge is 0.278 e. The van der Waals surface area contributed by atoms with Gasteiger partial charge >= 0.3 is 0 Å². The minimum atomic E-state index is -0.271. The molecule has 3 rings (SSSR count). The molecule has 0 fully saturated rings. The minimum Gasteiger partial charge on any atom is -0.278 e. The summed E-state index contributed by atoms with van der Waals surface area (Å²) in [5.74, 6) is 0.569. The van der Waals surface area contributed by atoms with Crippen LogP contribution in [0.1, 0.15) is 31.2 Å². The summed E-state index contributed by atoms with van der Waals surface area (Å²) in [6.07, 6.45) is 7.54. The number of halogens is 1. The van der Waals surface area contributed by atoms with Crippen LogP contribution in [-0.2, 0) is 4.79 Å². The molecular formula is C19H18FN3OS. The standard InChI is InChI=1S/C19H18FN3OS/c1-13(2)18(19-22-8-9-23(19)12-24)16-6-7-21-11-17(16)25-15-5-3-4-14(20)10-15/h3-13,18H,1-2H3. The molecule has 6 heteroatoms. The Morgan fingerprint density at radius 1 is 1.24 bits per heavy atom. The van der Waals surface area contributed by atoms with Crippen molar-refractivity contribution >= 4 is 18.2 Å². The fraction of sp³-hybridized carbons (Fsp3) is 0.211. The van der Waals surface area contributed by atoms with E-state index in [4.69, 9.17) is 0 Å². The lowest BCUT2D eigenvalue weighted by molar-refractivity contribution is 0.512. The summed E-state index contributed by atoms with van der Waals surface area (Å²) >= 11 is 1.46. The molecule has 0 spiro atoms. The summed E-state index contributed by atoms with van der Waals surface area (Å²) in [5.41, 5.74) is 1.02. The van der Waals surface area contributed by atoms with E-state index >= 15 is 0 Å². The number of benzene rings is 1. The number of hydrogen-bond donors (Lipinski definition) is 0. The molecule has 3 aromatic rings. The molecule has 0 bridgehead atoms. The van der Waals surface area contributed by atoms with Crippen LogP contribution >= 0.6 is 11.8 Å². The Morgan fingerprint density at radius 3 is 2.80 bits per heavy atom. The van der Waals surface area contributed by atoms with Gasteiger partial charge in [0, 0.05) is 40.5 Å². The molecule has 0 aliphatic rings. The number of hydrogen-bond acceptors (Lipinski definition) is 4. The van der Waals surface area contributed by atoms with Gasteiger partial charge in [0.1, 0.15) is 11.6 Å². The topological polar surface area (TPSA) is 47.8 Å². The predicted molar refractivity (Wildman–Crippen MR) is 95.8 cm³/mol. The summed E-state index contributed by atoms with van der Waals surface area (Å²) in [7, 11) is 0. The molecule has 0 radical (unpaired) electrons. The van der Waals surface area contributed by atoms with Gasteiger partial charge in [-0.05, 0) is 35.7 Å². The van der Waals surface area contributed by atoms with Crippen LogP contribution in [0.2, 0.25) is 0 Å². The summed E-state index contributed by atoms with van der Waals surface area (Å²) < 4.78 is 15.0. The molecule has 25 heavy (non-hydrogen) atoms. The molecule has 0 aliphatic heterocycles. The summed E-state index contributed by atoms with van der Waals surface area (Å²) in [5, 5.41) is 0. The zero-order valence-corrected chi connectivity index (χ0v) is 14.8. The van der Waals surface area contributed by atoms with Crippen molar-refractivity contribution in [1.82, 2.24) is 14.5 Å². The highest BCUT2D eigenvalue weighted by molar-refractivity contribution is 7.99. The molecular weight excluding hydrogens is 337 g/mol. The zero-order valence-electron chi connectivity index (χ0n) is 14.0. The molecule has 1 aromatic carbocycles. The number of aromatic nitrogens is 3. The van der Waals surface area contributed by atoms with Crippen molar-refractivity contribution in [3.8, 4) is 0 Å². The smallest absolute Gasteiger partial charge is 0.219 e. The average molecular weight is 355 g/mol. The Bertz CT molecular complexity index is 878. The fourth-order valence-corrected chi connectivity index (χ4v) is 3.84. The molecule has 0 saturated heterocycles. The Labute approximate surface area is 150 Å². The van der Waals surface area contributed by atoms with Crippen molar-refractivity contribution in [3.05, 3.63) is 72.3 Å². The quantitative estimate of drug-likeness (QED) is 0.615. The highest BCUT2D eigenvalue weighted by Crippen LogP contribution is 2.39. The van der Waals surface area contributed by atoms with Gasteiger partial charge < -0.3 is 0 Å². The second kappa shape index (κ2) is 7.61. The Hall–Kier alpha value is -2.47. The average Bonchev–Trinajstić information content (AvgIpc) is 3.04. The van der Waals surface area contributed by atoms with Crippen LogP contribution in [-0.4, -0.2) is 20.9 Å². The molecule has 2 aromatic heterocycles. The van der Waals surface area contributed by atoms with E-state index < -0.39 is 0 Å². The van der Waals surface area contributed by atoms with Crippen LogP contribution in [0, 0.1) is 11.7 Å². The molecule has 0 amide bonds. The van der Waals surface area contributed by atoms with Crippen LogP contribution in [0.5, 0.6) is 0 Å². The molecule has 0 saturated carbocycles. The highest BCUT2D eigenvalue weighted by atomic mass is 32.2. The van der Waals surface area contributed by atoms with Crippen LogP contribution in [0.3, 0.4) is 0 Å². The fourth-order valence-electron chi connectivity index (χ4n) is 2.84. The lowest BCUT2D eigenvalue weighted by Crippen LogP contribution is -2.16. The van der Waals surface area contributed by atoms with Gasteiger partial charge in [0.2, 0.25) is 6.41 Å². The summed E-state index contributed by atoms with van der Waals surface area (Å²) in [6.45, 7) is 4.18. The molecule has 1 unspecified atom stereocenters. The van der Waals surface area contributed by atoms with Gasteiger partial charge in [-0.3, -0.25) is 14.3 Å². The number of pyridine rings is 1. The minimum absolute atomic E-state index is 0.0701. The van der Waals surface area contributed by atoms with Crippen LogP contribution in [0.4, 0.5) is 4.39 Å². The maximum atomic E-state index is 13.5. The Kier molecular flexibility index (Phi) is 5.28. The van der Waals surface area contributed by atoms with Gasteiger partial charge in [0.15, 0.2) is 0 Å². The second-order valence-corrected chi connectivity index (χ2v) is 7.11. The first kappa shape index (κ1) is 17.4. The first-order valence-corrected chi connectivity index (χ1v) is 8.77. The van der Waals surface area contributed by atoms with E-state index in [2.05, 4.69) is 23.8 Å². The number of nitrogens with zero attached hydrogens (tertiary/aromatic N) is 3. The zero-order chi connectivity index (χ0) is 17.8. The van der Waals surface area contributed by atoms with E-state index in [0.29, 0.717) is 5.82 Å². The van der Waals surface area contributed by atoms with Gasteiger partial charge in [-0.2, -0.15) is 0 Å². The van der Waals surface area contributed by atoms with E-state index in [-0.39, 0.29) is 17.7 Å². The van der Waals surface area contributed by atoms with Gasteiger partial charge in [0.25, 0.3) is 0 Å². The third-order valence-corrected chi connectivity index (χ3v) is 4.98. The van der Waals surface area contributed by atoms with Crippen molar-refractivity contribution in [2.45, 2.75) is 29.6 Å². The normalized spacial score (nSPS) is 12.3. The lowest BCUT2D eigenvalue weighted by atomic mass is 9.88. The molecule has 128 valence electrons. The first-order valence-electron chi connectivity index (χ1n) is 7.95. The van der Waals surface area contributed by atoms with Crippen molar-refractivity contribution in [1.29, 1.82) is 0 Å². The van der Waals surface area contributed by atoms with Gasteiger partial charge in [-0.15, -0.1) is 0 Å². The van der Waals surface area contributed by atoms with Crippen LogP contribution < -0.4 is 0 Å². The van der Waals surface area contributed by atoms with E-state index in [1.54, 1.807) is 30.9 Å². The van der Waals surface area contributed by atoms with Crippen molar-refractivity contribution in [2.75, 3.05) is 0 Å². The summed E-state index contributed by atoms with van der Waals surface area (Å²) in [6, 6.07) is 8.41. The SMILES string of the molecule is CC(C)C(c1ccncc1Sc1cccc(F)c1)c1nccn1C=O. The van der Waals surface area contributed by atoms with Gasteiger partial charge in [-0.1, -0.05) is 31.7 Å². The van der Waals surface area contributed by atoms with Crippen LogP contribution in [0.25, 0.3) is 0 Å². The number of rotatable bonds is 6. The molecule has 0 N–H and O–H groups in total.